The van der Waals surface area contributed by atoms with Crippen LogP contribution in [0, 0.1) is 5.92 Å². The number of hydrogen-bond donors (Lipinski definition) is 1. The van der Waals surface area contributed by atoms with Gasteiger partial charge in [-0.25, -0.2) is 8.42 Å². The molecular weight excluding hydrogens is 374 g/mol. The Kier molecular flexibility index (Phi) is 7.07. The van der Waals surface area contributed by atoms with Crippen LogP contribution in [0.2, 0.25) is 0 Å². The van der Waals surface area contributed by atoms with Crippen molar-refractivity contribution in [3.05, 3.63) is 29.8 Å². The van der Waals surface area contributed by atoms with Gasteiger partial charge < -0.3 is 10.6 Å². The van der Waals surface area contributed by atoms with Crippen LogP contribution < -0.4 is 5.73 Å². The second-order valence-electron chi connectivity index (χ2n) is 7.26. The average Bonchev–Trinajstić information content (AvgIpc) is 2.61. The maximum Gasteiger partial charge on any atom is 0.253 e. The van der Waals surface area contributed by atoms with Crippen LogP contribution in [0.5, 0.6) is 0 Å². The minimum absolute atomic E-state index is 0. The molecule has 6 nitrogen and oxygen atoms in total. The molecule has 146 valence electrons. The normalized spacial score (nSPS) is 22.7. The molecule has 0 saturated carbocycles. The number of sulfonamides is 1. The first-order valence-corrected chi connectivity index (χ1v) is 10.5. The van der Waals surface area contributed by atoms with E-state index in [0.717, 1.165) is 25.7 Å². The summed E-state index contributed by atoms with van der Waals surface area (Å²) in [5, 5.41) is 0. The molecule has 3 rings (SSSR count). The molecule has 0 radical (unpaired) electrons. The Morgan fingerprint density at radius 3 is 2.27 bits per heavy atom. The number of hydrogen-bond acceptors (Lipinski definition) is 4. The number of nitrogens with zero attached hydrogens (tertiary/aromatic N) is 2. The molecule has 1 atom stereocenters. The monoisotopic (exact) mass is 401 g/mol. The molecule has 1 aromatic carbocycles. The third kappa shape index (κ3) is 4.57. The van der Waals surface area contributed by atoms with Gasteiger partial charge in [-0.15, -0.1) is 12.4 Å². The summed E-state index contributed by atoms with van der Waals surface area (Å²) in [7, 11) is -3.47. The lowest BCUT2D eigenvalue weighted by Gasteiger charge is -2.31. The van der Waals surface area contributed by atoms with Crippen LogP contribution in [0.1, 0.15) is 43.0 Å². The first-order chi connectivity index (χ1) is 11.9. The zero-order valence-electron chi connectivity index (χ0n) is 15.1. The Morgan fingerprint density at radius 2 is 1.69 bits per heavy atom. The second-order valence-corrected chi connectivity index (χ2v) is 9.20. The number of amides is 1. The Bertz CT molecular complexity index is 716. The van der Waals surface area contributed by atoms with Gasteiger partial charge in [-0.3, -0.25) is 4.79 Å². The summed E-state index contributed by atoms with van der Waals surface area (Å²) in [6.45, 7) is 4.55. The van der Waals surface area contributed by atoms with Crippen molar-refractivity contribution in [1.82, 2.24) is 9.21 Å². The number of nitrogens with two attached hydrogens (primary N) is 1. The maximum absolute atomic E-state index is 12.7. The quantitative estimate of drug-likeness (QED) is 0.840. The molecule has 1 unspecified atom stereocenters. The zero-order chi connectivity index (χ0) is 18.0. The van der Waals surface area contributed by atoms with Crippen molar-refractivity contribution in [1.29, 1.82) is 0 Å². The number of carbonyl (C=O) groups excluding carboxylic acids is 1. The average molecular weight is 402 g/mol. The maximum atomic E-state index is 12.7. The highest BCUT2D eigenvalue weighted by atomic mass is 35.5. The van der Waals surface area contributed by atoms with Crippen LogP contribution in [0.3, 0.4) is 0 Å². The lowest BCUT2D eigenvalue weighted by molar-refractivity contribution is 0.0708. The summed E-state index contributed by atoms with van der Waals surface area (Å²) in [5.41, 5.74) is 6.45. The molecule has 2 fully saturated rings. The van der Waals surface area contributed by atoms with Gasteiger partial charge in [0, 0.05) is 37.8 Å². The molecule has 2 saturated heterocycles. The van der Waals surface area contributed by atoms with Gasteiger partial charge in [0.05, 0.1) is 4.90 Å². The van der Waals surface area contributed by atoms with Crippen LogP contribution in [-0.2, 0) is 10.0 Å². The molecule has 0 bridgehead atoms. The topological polar surface area (TPSA) is 83.7 Å². The molecule has 0 aliphatic carbocycles. The van der Waals surface area contributed by atoms with Gasteiger partial charge >= 0.3 is 0 Å². The highest BCUT2D eigenvalue weighted by Gasteiger charge is 2.28. The summed E-state index contributed by atoms with van der Waals surface area (Å²) >= 11 is 0. The van der Waals surface area contributed by atoms with E-state index in [9.17, 15) is 13.2 Å². The predicted molar refractivity (Wildman–Crippen MR) is 104 cm³/mol. The summed E-state index contributed by atoms with van der Waals surface area (Å²) < 4.78 is 27.0. The fourth-order valence-corrected chi connectivity index (χ4v) is 4.99. The van der Waals surface area contributed by atoms with Gasteiger partial charge in [0.25, 0.3) is 5.91 Å². The van der Waals surface area contributed by atoms with Crippen LogP contribution in [0.25, 0.3) is 0 Å². The van der Waals surface area contributed by atoms with E-state index in [4.69, 9.17) is 5.73 Å². The Morgan fingerprint density at radius 1 is 1.08 bits per heavy atom. The van der Waals surface area contributed by atoms with Crippen LogP contribution in [-0.4, -0.2) is 55.8 Å². The van der Waals surface area contributed by atoms with E-state index in [2.05, 4.69) is 6.92 Å². The summed E-state index contributed by atoms with van der Waals surface area (Å²) in [6.07, 6.45) is 3.64. The summed E-state index contributed by atoms with van der Waals surface area (Å²) in [4.78, 5) is 14.6. The van der Waals surface area contributed by atoms with Crippen LogP contribution in [0.15, 0.2) is 29.2 Å². The smallest absolute Gasteiger partial charge is 0.253 e. The predicted octanol–water partition coefficient (Wildman–Crippen LogP) is 2.09. The largest absolute Gasteiger partial charge is 0.337 e. The molecule has 8 heteroatoms. The third-order valence-electron chi connectivity index (χ3n) is 5.23. The van der Waals surface area contributed by atoms with Crippen molar-refractivity contribution in [2.75, 3.05) is 26.2 Å². The number of likely N-dealkylation sites (tertiary alicyclic amines) is 1. The van der Waals surface area contributed by atoms with Gasteiger partial charge in [0.2, 0.25) is 10.0 Å². The molecule has 2 heterocycles. The van der Waals surface area contributed by atoms with E-state index in [1.165, 1.54) is 0 Å². The summed E-state index contributed by atoms with van der Waals surface area (Å²) in [5.74, 6) is 0.494. The Labute approximate surface area is 162 Å². The van der Waals surface area contributed by atoms with Gasteiger partial charge in [0.1, 0.15) is 0 Å². The minimum Gasteiger partial charge on any atom is -0.337 e. The molecule has 1 amide bonds. The van der Waals surface area contributed by atoms with E-state index in [1.54, 1.807) is 33.5 Å². The molecule has 1 aromatic rings. The molecule has 2 aliphatic rings. The van der Waals surface area contributed by atoms with E-state index < -0.39 is 10.0 Å². The molecule has 0 aromatic heterocycles. The Hall–Kier alpha value is -1.15. The second kappa shape index (κ2) is 8.69. The molecule has 26 heavy (non-hydrogen) atoms. The number of piperidine rings is 2. The first kappa shape index (κ1) is 21.2. The van der Waals surface area contributed by atoms with E-state index in [1.807, 2.05) is 0 Å². The lowest BCUT2D eigenvalue weighted by Crippen LogP contribution is -2.45. The highest BCUT2D eigenvalue weighted by molar-refractivity contribution is 7.89. The van der Waals surface area contributed by atoms with E-state index >= 15 is 0 Å². The number of benzene rings is 1. The van der Waals surface area contributed by atoms with Crippen molar-refractivity contribution in [3.63, 3.8) is 0 Å². The zero-order valence-corrected chi connectivity index (χ0v) is 16.8. The molecule has 2 aliphatic heterocycles. The number of halogens is 1. The van der Waals surface area contributed by atoms with E-state index in [-0.39, 0.29) is 29.3 Å². The fourth-order valence-electron chi connectivity index (χ4n) is 3.52. The lowest BCUT2D eigenvalue weighted by atomic mass is 10.0. The summed E-state index contributed by atoms with van der Waals surface area (Å²) in [6, 6.07) is 6.34. The fraction of sp³-hybridized carbons (Fsp3) is 0.611. The molecular formula is C18H28ClN3O3S. The van der Waals surface area contributed by atoms with Crippen molar-refractivity contribution in [3.8, 4) is 0 Å². The van der Waals surface area contributed by atoms with Gasteiger partial charge in [-0.2, -0.15) is 4.31 Å². The Balaban J connectivity index is 0.00000243. The SMILES string of the molecule is CC1CCN(S(=O)(=O)c2ccc(C(=O)N3CCCC(N)C3)cc2)CC1.Cl. The van der Waals surface area contributed by atoms with Crippen molar-refractivity contribution < 1.29 is 13.2 Å². The highest BCUT2D eigenvalue weighted by Crippen LogP contribution is 2.24. The number of carbonyl (C=O) groups is 1. The van der Waals surface area contributed by atoms with E-state index in [0.29, 0.717) is 37.7 Å². The van der Waals surface area contributed by atoms with Crippen molar-refractivity contribution in [2.45, 2.75) is 43.5 Å². The third-order valence-corrected chi connectivity index (χ3v) is 7.14. The van der Waals surface area contributed by atoms with Gasteiger partial charge in [-0.1, -0.05) is 6.92 Å². The first-order valence-electron chi connectivity index (χ1n) is 9.03. The number of rotatable bonds is 3. The van der Waals surface area contributed by atoms with Crippen LogP contribution >= 0.6 is 12.4 Å². The minimum atomic E-state index is -3.47. The van der Waals surface area contributed by atoms with Crippen molar-refractivity contribution in [2.24, 2.45) is 11.7 Å². The van der Waals surface area contributed by atoms with Crippen LogP contribution in [0.4, 0.5) is 0 Å². The van der Waals surface area contributed by atoms with Crippen molar-refractivity contribution >= 4 is 28.3 Å². The van der Waals surface area contributed by atoms with Gasteiger partial charge in [-0.05, 0) is 55.9 Å². The standard InChI is InChI=1S/C18H27N3O3S.ClH/c1-14-8-11-21(12-9-14)25(23,24)17-6-4-15(5-7-17)18(22)20-10-2-3-16(19)13-20;/h4-7,14,16H,2-3,8-13,19H2,1H3;1H. The molecule has 2 N–H and O–H groups in total. The molecule has 0 spiro atoms. The van der Waals surface area contributed by atoms with Gasteiger partial charge in [0.15, 0.2) is 0 Å².